The first-order chi connectivity index (χ1) is 9.21. The lowest BCUT2D eigenvalue weighted by Gasteiger charge is -2.35. The van der Waals surface area contributed by atoms with Gasteiger partial charge in [0.1, 0.15) is 11.4 Å². The van der Waals surface area contributed by atoms with E-state index >= 15 is 0 Å². The molecule has 1 aromatic rings. The van der Waals surface area contributed by atoms with Gasteiger partial charge < -0.3 is 15.2 Å². The van der Waals surface area contributed by atoms with E-state index in [0.29, 0.717) is 4.68 Å². The van der Waals surface area contributed by atoms with Crippen molar-refractivity contribution in [3.8, 4) is 0 Å². The second-order valence-corrected chi connectivity index (χ2v) is 4.18. The first-order valence-corrected chi connectivity index (χ1v) is 5.72. The summed E-state index contributed by atoms with van der Waals surface area (Å²) in [5.74, 6) is -1.34. The highest BCUT2D eigenvalue weighted by Crippen LogP contribution is 2.44. The lowest BCUT2D eigenvalue weighted by Crippen LogP contribution is -2.53. The molecular weight excluding hydrogens is 279 g/mol. The number of aromatic nitrogens is 2. The zero-order valence-corrected chi connectivity index (χ0v) is 10.7. The number of hydrogen-bond donors (Lipinski definition) is 2. The average molecular weight is 291 g/mol. The van der Waals surface area contributed by atoms with Gasteiger partial charge in [0.2, 0.25) is 0 Å². The van der Waals surface area contributed by atoms with E-state index in [2.05, 4.69) is 15.2 Å². The molecule has 0 radical (unpaired) electrons. The van der Waals surface area contributed by atoms with Gasteiger partial charge in [-0.05, 0) is 13.8 Å². The van der Waals surface area contributed by atoms with Crippen LogP contribution in [0.5, 0.6) is 0 Å². The molecule has 6 nitrogen and oxygen atoms in total. The number of aryl methyl sites for hydroxylation is 1. The van der Waals surface area contributed by atoms with Crippen LogP contribution >= 0.6 is 0 Å². The highest BCUT2D eigenvalue weighted by molar-refractivity contribution is 5.91. The molecule has 1 atom stereocenters. The van der Waals surface area contributed by atoms with Crippen molar-refractivity contribution in [2.75, 3.05) is 11.9 Å². The van der Waals surface area contributed by atoms with Gasteiger partial charge in [-0.1, -0.05) is 0 Å². The predicted molar refractivity (Wildman–Crippen MR) is 61.6 cm³/mol. The number of alkyl halides is 3. The minimum atomic E-state index is -5.14. The summed E-state index contributed by atoms with van der Waals surface area (Å²) in [4.78, 5) is 11.6. The van der Waals surface area contributed by atoms with E-state index in [9.17, 15) is 23.1 Å². The molecule has 20 heavy (non-hydrogen) atoms. The van der Waals surface area contributed by atoms with Crippen LogP contribution in [-0.4, -0.2) is 33.6 Å². The summed E-state index contributed by atoms with van der Waals surface area (Å²) in [7, 11) is 0. The SMILES string of the molecule is CCOC(=O)C1=CNc2cc(C)nn2[C@]1(O)C(F)(F)F. The number of esters is 1. The summed E-state index contributed by atoms with van der Waals surface area (Å²) in [6, 6.07) is 1.31. The number of fused-ring (bicyclic) bond motifs is 1. The molecule has 0 spiro atoms. The third-order valence-electron chi connectivity index (χ3n) is 2.77. The van der Waals surface area contributed by atoms with E-state index in [0.717, 1.165) is 6.20 Å². The maximum Gasteiger partial charge on any atom is 0.443 e. The molecule has 0 unspecified atom stereocenters. The summed E-state index contributed by atoms with van der Waals surface area (Å²) < 4.78 is 44.7. The molecular formula is C11H12F3N3O3. The number of nitrogens with zero attached hydrogens (tertiary/aromatic N) is 2. The number of rotatable bonds is 2. The van der Waals surface area contributed by atoms with Crippen LogP contribution in [0, 0.1) is 6.92 Å². The number of carbonyl (C=O) groups is 1. The van der Waals surface area contributed by atoms with Crippen molar-refractivity contribution in [2.45, 2.75) is 25.7 Å². The van der Waals surface area contributed by atoms with Gasteiger partial charge in [-0.2, -0.15) is 18.3 Å². The fourth-order valence-electron chi connectivity index (χ4n) is 1.89. The van der Waals surface area contributed by atoms with E-state index < -0.39 is 23.4 Å². The molecule has 0 amide bonds. The number of ether oxygens (including phenoxy) is 1. The molecule has 2 heterocycles. The van der Waals surface area contributed by atoms with Gasteiger partial charge in [0.05, 0.1) is 12.3 Å². The Labute approximate surface area is 111 Å². The Bertz CT molecular complexity index is 579. The Morgan fingerprint density at radius 3 is 2.80 bits per heavy atom. The van der Waals surface area contributed by atoms with Gasteiger partial charge >= 0.3 is 12.1 Å². The normalized spacial score (nSPS) is 21.8. The third-order valence-corrected chi connectivity index (χ3v) is 2.77. The number of hydrogen-bond acceptors (Lipinski definition) is 5. The van der Waals surface area contributed by atoms with E-state index in [-0.39, 0.29) is 18.1 Å². The van der Waals surface area contributed by atoms with E-state index in [1.165, 1.54) is 19.9 Å². The Morgan fingerprint density at radius 2 is 2.25 bits per heavy atom. The Kier molecular flexibility index (Phi) is 3.24. The molecule has 0 aliphatic carbocycles. The van der Waals surface area contributed by atoms with E-state index in [1.54, 1.807) is 0 Å². The van der Waals surface area contributed by atoms with Gasteiger partial charge in [-0.25, -0.2) is 9.48 Å². The maximum atomic E-state index is 13.3. The summed E-state index contributed by atoms with van der Waals surface area (Å²) in [5.41, 5.74) is -4.27. The topological polar surface area (TPSA) is 76.4 Å². The van der Waals surface area contributed by atoms with Gasteiger partial charge in [-0.15, -0.1) is 0 Å². The molecule has 2 N–H and O–H groups in total. The quantitative estimate of drug-likeness (QED) is 0.803. The van der Waals surface area contributed by atoms with Crippen LogP contribution in [0.3, 0.4) is 0 Å². The van der Waals surface area contributed by atoms with E-state index in [4.69, 9.17) is 0 Å². The minimum Gasteiger partial charge on any atom is -0.462 e. The van der Waals surface area contributed by atoms with Gasteiger partial charge in [0.15, 0.2) is 0 Å². The maximum absolute atomic E-state index is 13.3. The number of nitrogens with one attached hydrogen (secondary N) is 1. The monoisotopic (exact) mass is 291 g/mol. The van der Waals surface area contributed by atoms with Gasteiger partial charge in [-0.3, -0.25) is 0 Å². The molecule has 0 aromatic carbocycles. The largest absolute Gasteiger partial charge is 0.462 e. The molecule has 110 valence electrons. The summed E-state index contributed by atoms with van der Waals surface area (Å²) in [5, 5.41) is 16.2. The van der Waals surface area contributed by atoms with Crippen molar-refractivity contribution in [3.63, 3.8) is 0 Å². The number of halogens is 3. The van der Waals surface area contributed by atoms with Crippen molar-refractivity contribution in [1.29, 1.82) is 0 Å². The summed E-state index contributed by atoms with van der Waals surface area (Å²) >= 11 is 0. The smallest absolute Gasteiger partial charge is 0.443 e. The summed E-state index contributed by atoms with van der Waals surface area (Å²) in [6.07, 6.45) is -4.36. The van der Waals surface area contributed by atoms with Crippen molar-refractivity contribution >= 4 is 11.8 Å². The molecule has 1 aliphatic heterocycles. The fourth-order valence-corrected chi connectivity index (χ4v) is 1.89. The van der Waals surface area contributed by atoms with Gasteiger partial charge in [0.25, 0.3) is 5.72 Å². The van der Waals surface area contributed by atoms with Crippen molar-refractivity contribution in [2.24, 2.45) is 0 Å². The Balaban J connectivity index is 2.59. The van der Waals surface area contributed by atoms with Crippen molar-refractivity contribution in [3.05, 3.63) is 23.5 Å². The molecule has 1 aliphatic rings. The van der Waals surface area contributed by atoms with Crippen LogP contribution in [0.15, 0.2) is 17.8 Å². The fraction of sp³-hybridized carbons (Fsp3) is 0.455. The standard InChI is InChI=1S/C11H12F3N3O3/c1-3-20-9(18)7-5-15-8-4-6(2)16-17(8)10(7,19)11(12,13)14/h4-5,15,19H,3H2,1-2H3/t10-/m1/s1. The average Bonchev–Trinajstić information content (AvgIpc) is 2.70. The zero-order chi connectivity index (χ0) is 15.1. The van der Waals surface area contributed by atoms with Crippen LogP contribution < -0.4 is 5.32 Å². The van der Waals surface area contributed by atoms with E-state index in [1.807, 2.05) is 0 Å². The van der Waals surface area contributed by atoms with Crippen LogP contribution in [0.4, 0.5) is 19.0 Å². The third kappa shape index (κ3) is 1.94. The van der Waals surface area contributed by atoms with Crippen molar-refractivity contribution < 1.29 is 27.8 Å². The van der Waals surface area contributed by atoms with Crippen LogP contribution in [0.1, 0.15) is 12.6 Å². The zero-order valence-electron chi connectivity index (χ0n) is 10.7. The van der Waals surface area contributed by atoms with Crippen molar-refractivity contribution in [1.82, 2.24) is 9.78 Å². The number of carbonyl (C=O) groups excluding carboxylic acids is 1. The molecule has 0 saturated heterocycles. The number of anilines is 1. The lowest BCUT2D eigenvalue weighted by atomic mass is 10.0. The Hall–Kier alpha value is -2.03. The molecule has 1 aromatic heterocycles. The molecule has 9 heteroatoms. The van der Waals surface area contributed by atoms with Crippen LogP contribution in [0.2, 0.25) is 0 Å². The molecule has 0 fully saturated rings. The highest BCUT2D eigenvalue weighted by Gasteiger charge is 2.63. The second-order valence-electron chi connectivity index (χ2n) is 4.18. The lowest BCUT2D eigenvalue weighted by molar-refractivity contribution is -0.285. The molecule has 2 rings (SSSR count). The Morgan fingerprint density at radius 1 is 1.60 bits per heavy atom. The first-order valence-electron chi connectivity index (χ1n) is 5.72. The second kappa shape index (κ2) is 4.51. The van der Waals surface area contributed by atoms with Gasteiger partial charge in [0, 0.05) is 12.3 Å². The van der Waals surface area contributed by atoms with Crippen LogP contribution in [0.25, 0.3) is 0 Å². The molecule has 0 saturated carbocycles. The molecule has 0 bridgehead atoms. The predicted octanol–water partition coefficient (Wildman–Crippen LogP) is 1.27. The van der Waals surface area contributed by atoms with Crippen LogP contribution in [-0.2, 0) is 15.3 Å². The number of aliphatic hydroxyl groups is 1. The minimum absolute atomic E-state index is 0.0737. The summed E-state index contributed by atoms with van der Waals surface area (Å²) in [6.45, 7) is 2.80. The first kappa shape index (κ1) is 14.4. The highest BCUT2D eigenvalue weighted by atomic mass is 19.4.